The highest BCUT2D eigenvalue weighted by Gasteiger charge is 2.21. The minimum absolute atomic E-state index is 0.602. The van der Waals surface area contributed by atoms with Crippen LogP contribution in [-0.4, -0.2) is 30.6 Å². The van der Waals surface area contributed by atoms with Gasteiger partial charge in [0.15, 0.2) is 0 Å². The fourth-order valence-corrected chi connectivity index (χ4v) is 3.22. The van der Waals surface area contributed by atoms with Crippen molar-refractivity contribution in [1.82, 2.24) is 10.2 Å². The monoisotopic (exact) mass is 260 g/mol. The maximum Gasteiger partial charge on any atom is 0.119 e. The number of likely N-dealkylation sites (tertiary alicyclic amines) is 1. The number of piperidine rings is 1. The molecule has 0 aliphatic carbocycles. The van der Waals surface area contributed by atoms with Gasteiger partial charge < -0.3 is 10.1 Å². The zero-order valence-electron chi connectivity index (χ0n) is 11.8. The molecule has 3 nitrogen and oxygen atoms in total. The third-order valence-corrected chi connectivity index (χ3v) is 4.41. The summed E-state index contributed by atoms with van der Waals surface area (Å²) in [5, 5.41) is 3.37. The van der Waals surface area contributed by atoms with Gasteiger partial charge >= 0.3 is 0 Å². The standard InChI is InChI=1S/C16H24N2O/c1-2-18-8-4-3-5-15(18)12-19-16-7-6-13-10-17-11-14(13)9-16/h6-7,9,15,17H,2-5,8,10-12H2,1H3. The first-order chi connectivity index (χ1) is 9.36. The second-order valence-electron chi connectivity index (χ2n) is 5.62. The molecule has 2 aliphatic heterocycles. The topological polar surface area (TPSA) is 24.5 Å². The van der Waals surface area contributed by atoms with Crippen LogP contribution in [0.1, 0.15) is 37.3 Å². The van der Waals surface area contributed by atoms with E-state index in [2.05, 4.69) is 35.3 Å². The molecule has 0 saturated carbocycles. The molecule has 104 valence electrons. The molecule has 1 aromatic carbocycles. The summed E-state index contributed by atoms with van der Waals surface area (Å²) >= 11 is 0. The molecule has 19 heavy (non-hydrogen) atoms. The number of fused-ring (bicyclic) bond motifs is 1. The van der Waals surface area contributed by atoms with Crippen LogP contribution in [0.5, 0.6) is 5.75 Å². The number of ether oxygens (including phenoxy) is 1. The Balaban J connectivity index is 1.59. The molecule has 1 aromatic rings. The number of hydrogen-bond donors (Lipinski definition) is 1. The zero-order chi connectivity index (χ0) is 13.1. The highest BCUT2D eigenvalue weighted by molar-refractivity contribution is 5.37. The van der Waals surface area contributed by atoms with Gasteiger partial charge in [0.05, 0.1) is 0 Å². The second-order valence-corrected chi connectivity index (χ2v) is 5.62. The second kappa shape index (κ2) is 5.93. The fraction of sp³-hybridized carbons (Fsp3) is 0.625. The predicted octanol–water partition coefficient (Wildman–Crippen LogP) is 2.54. The van der Waals surface area contributed by atoms with Crippen LogP contribution in [0, 0.1) is 0 Å². The van der Waals surface area contributed by atoms with E-state index in [1.165, 1.54) is 36.9 Å². The van der Waals surface area contributed by atoms with Gasteiger partial charge in [0.2, 0.25) is 0 Å². The van der Waals surface area contributed by atoms with E-state index in [1.807, 2.05) is 0 Å². The van der Waals surface area contributed by atoms with Gasteiger partial charge in [0.25, 0.3) is 0 Å². The summed E-state index contributed by atoms with van der Waals surface area (Å²) in [6, 6.07) is 7.12. The number of hydrogen-bond acceptors (Lipinski definition) is 3. The third-order valence-electron chi connectivity index (χ3n) is 4.41. The van der Waals surface area contributed by atoms with Crippen LogP contribution in [0.25, 0.3) is 0 Å². The summed E-state index contributed by atoms with van der Waals surface area (Å²) in [6.45, 7) is 7.44. The van der Waals surface area contributed by atoms with Gasteiger partial charge in [0, 0.05) is 19.1 Å². The summed E-state index contributed by atoms with van der Waals surface area (Å²) in [5.74, 6) is 1.03. The molecule has 2 heterocycles. The summed E-state index contributed by atoms with van der Waals surface area (Å²) in [7, 11) is 0. The Kier molecular flexibility index (Phi) is 4.04. The van der Waals surface area contributed by atoms with Crippen LogP contribution < -0.4 is 10.1 Å². The van der Waals surface area contributed by atoms with Gasteiger partial charge in [-0.15, -0.1) is 0 Å². The van der Waals surface area contributed by atoms with E-state index in [4.69, 9.17) is 4.74 Å². The van der Waals surface area contributed by atoms with Crippen molar-refractivity contribution in [2.45, 2.75) is 45.3 Å². The van der Waals surface area contributed by atoms with Crippen LogP contribution >= 0.6 is 0 Å². The molecule has 0 bridgehead atoms. The molecule has 0 spiro atoms. The molecule has 1 atom stereocenters. The normalized spacial score (nSPS) is 23.3. The van der Waals surface area contributed by atoms with Crippen molar-refractivity contribution in [2.24, 2.45) is 0 Å². The van der Waals surface area contributed by atoms with Crippen molar-refractivity contribution in [2.75, 3.05) is 19.7 Å². The SMILES string of the molecule is CCN1CCCCC1COc1ccc2c(c1)CNC2. The summed E-state index contributed by atoms with van der Waals surface area (Å²) in [6.07, 6.45) is 3.97. The van der Waals surface area contributed by atoms with E-state index in [0.29, 0.717) is 6.04 Å². The lowest BCUT2D eigenvalue weighted by Gasteiger charge is -2.34. The number of likely N-dealkylation sites (N-methyl/N-ethyl adjacent to an activating group) is 1. The van der Waals surface area contributed by atoms with E-state index in [-0.39, 0.29) is 0 Å². The first kappa shape index (κ1) is 12.9. The van der Waals surface area contributed by atoms with Crippen molar-refractivity contribution in [3.63, 3.8) is 0 Å². The summed E-state index contributed by atoms with van der Waals surface area (Å²) in [4.78, 5) is 2.55. The van der Waals surface area contributed by atoms with E-state index in [1.54, 1.807) is 0 Å². The Labute approximate surface area is 115 Å². The molecule has 1 unspecified atom stereocenters. The van der Waals surface area contributed by atoms with Crippen LogP contribution in [-0.2, 0) is 13.1 Å². The van der Waals surface area contributed by atoms with E-state index >= 15 is 0 Å². The van der Waals surface area contributed by atoms with Gasteiger partial charge in [0.1, 0.15) is 12.4 Å². The van der Waals surface area contributed by atoms with Gasteiger partial charge in [-0.25, -0.2) is 0 Å². The van der Waals surface area contributed by atoms with Crippen LogP contribution in [0.4, 0.5) is 0 Å². The minimum atomic E-state index is 0.602. The molecule has 0 amide bonds. The van der Waals surface area contributed by atoms with Crippen molar-refractivity contribution in [1.29, 1.82) is 0 Å². The number of nitrogens with one attached hydrogen (secondary N) is 1. The molecule has 1 fully saturated rings. The lowest BCUT2D eigenvalue weighted by atomic mass is 10.0. The van der Waals surface area contributed by atoms with Crippen molar-refractivity contribution in [3.8, 4) is 5.75 Å². The molecular weight excluding hydrogens is 236 g/mol. The zero-order valence-corrected chi connectivity index (χ0v) is 11.8. The smallest absolute Gasteiger partial charge is 0.119 e. The lowest BCUT2D eigenvalue weighted by Crippen LogP contribution is -2.42. The lowest BCUT2D eigenvalue weighted by molar-refractivity contribution is 0.105. The predicted molar refractivity (Wildman–Crippen MR) is 77.4 cm³/mol. The van der Waals surface area contributed by atoms with Crippen LogP contribution in [0.3, 0.4) is 0 Å². The molecule has 0 aromatic heterocycles. The highest BCUT2D eigenvalue weighted by atomic mass is 16.5. The fourth-order valence-electron chi connectivity index (χ4n) is 3.22. The number of nitrogens with zero attached hydrogens (tertiary/aromatic N) is 1. The van der Waals surface area contributed by atoms with Gasteiger partial charge in [-0.3, -0.25) is 4.90 Å². The van der Waals surface area contributed by atoms with Gasteiger partial charge in [-0.05, 0) is 49.2 Å². The molecule has 0 radical (unpaired) electrons. The Morgan fingerprint density at radius 2 is 2.16 bits per heavy atom. The molecule has 3 heteroatoms. The Morgan fingerprint density at radius 3 is 3.05 bits per heavy atom. The molecular formula is C16H24N2O. The Hall–Kier alpha value is -1.06. The van der Waals surface area contributed by atoms with Crippen LogP contribution in [0.15, 0.2) is 18.2 Å². The maximum atomic E-state index is 6.03. The largest absolute Gasteiger partial charge is 0.492 e. The third kappa shape index (κ3) is 2.93. The molecule has 1 saturated heterocycles. The summed E-state index contributed by atoms with van der Waals surface area (Å²) in [5.41, 5.74) is 2.81. The number of benzene rings is 1. The molecule has 3 rings (SSSR count). The van der Waals surface area contributed by atoms with E-state index in [9.17, 15) is 0 Å². The van der Waals surface area contributed by atoms with E-state index < -0.39 is 0 Å². The van der Waals surface area contributed by atoms with Crippen molar-refractivity contribution < 1.29 is 4.74 Å². The van der Waals surface area contributed by atoms with Crippen molar-refractivity contribution >= 4 is 0 Å². The molecule has 2 aliphatic rings. The maximum absolute atomic E-state index is 6.03. The highest BCUT2D eigenvalue weighted by Crippen LogP contribution is 2.23. The quantitative estimate of drug-likeness (QED) is 0.900. The average Bonchev–Trinajstić information content (AvgIpc) is 2.93. The van der Waals surface area contributed by atoms with E-state index in [0.717, 1.165) is 32.0 Å². The first-order valence-corrected chi connectivity index (χ1v) is 7.56. The number of rotatable bonds is 4. The first-order valence-electron chi connectivity index (χ1n) is 7.56. The van der Waals surface area contributed by atoms with Crippen molar-refractivity contribution in [3.05, 3.63) is 29.3 Å². The Morgan fingerprint density at radius 1 is 1.26 bits per heavy atom. The summed E-state index contributed by atoms with van der Waals surface area (Å²) < 4.78 is 6.03. The van der Waals surface area contributed by atoms with Gasteiger partial charge in [-0.1, -0.05) is 19.4 Å². The van der Waals surface area contributed by atoms with Crippen LogP contribution in [0.2, 0.25) is 0 Å². The molecule has 1 N–H and O–H groups in total. The minimum Gasteiger partial charge on any atom is -0.492 e. The average molecular weight is 260 g/mol. The van der Waals surface area contributed by atoms with Gasteiger partial charge in [-0.2, -0.15) is 0 Å². The Bertz CT molecular complexity index is 433.